The van der Waals surface area contributed by atoms with Crippen LogP contribution >= 0.6 is 15.9 Å². The summed E-state index contributed by atoms with van der Waals surface area (Å²) in [6.07, 6.45) is 3.51. The Balaban J connectivity index is 2.21. The van der Waals surface area contributed by atoms with E-state index in [4.69, 9.17) is 0 Å². The minimum absolute atomic E-state index is 0.176. The number of rotatable bonds is 2. The zero-order chi connectivity index (χ0) is 13.1. The maximum Gasteiger partial charge on any atom is 0.254 e. The van der Waals surface area contributed by atoms with Crippen molar-refractivity contribution in [2.45, 2.75) is 39.2 Å². The molecule has 3 heteroatoms. The summed E-state index contributed by atoms with van der Waals surface area (Å²) in [6.45, 7) is 5.31. The van der Waals surface area contributed by atoms with E-state index in [1.54, 1.807) is 0 Å². The summed E-state index contributed by atoms with van der Waals surface area (Å²) < 4.78 is 0.964. The molecule has 0 aliphatic carbocycles. The van der Waals surface area contributed by atoms with Gasteiger partial charge in [-0.15, -0.1) is 0 Å². The molecule has 1 amide bonds. The summed E-state index contributed by atoms with van der Waals surface area (Å²) in [5, 5.41) is 0. The highest BCUT2D eigenvalue weighted by molar-refractivity contribution is 9.10. The SMILES string of the molecule is CC(C)C1CCCCN1C(=O)c1cccc(Br)c1. The molecule has 1 aliphatic rings. The van der Waals surface area contributed by atoms with Crippen molar-refractivity contribution in [3.63, 3.8) is 0 Å². The first-order valence-corrected chi connectivity index (χ1v) is 7.45. The third-order valence-corrected chi connectivity index (χ3v) is 4.14. The number of likely N-dealkylation sites (tertiary alicyclic amines) is 1. The molecule has 0 bridgehead atoms. The van der Waals surface area contributed by atoms with E-state index in [0.717, 1.165) is 29.4 Å². The second-order valence-corrected chi connectivity index (χ2v) is 6.23. The fraction of sp³-hybridized carbons (Fsp3) is 0.533. The summed E-state index contributed by atoms with van der Waals surface area (Å²) in [4.78, 5) is 14.6. The van der Waals surface area contributed by atoms with E-state index in [9.17, 15) is 4.79 Å². The molecule has 2 rings (SSSR count). The van der Waals surface area contributed by atoms with Crippen LogP contribution in [0.2, 0.25) is 0 Å². The van der Waals surface area contributed by atoms with Crippen molar-refractivity contribution in [2.75, 3.05) is 6.54 Å². The lowest BCUT2D eigenvalue weighted by molar-refractivity contribution is 0.0543. The molecule has 2 nitrogen and oxygen atoms in total. The normalized spacial score (nSPS) is 20.2. The van der Waals surface area contributed by atoms with Crippen LogP contribution in [0, 0.1) is 5.92 Å². The van der Waals surface area contributed by atoms with Crippen LogP contribution in [-0.4, -0.2) is 23.4 Å². The lowest BCUT2D eigenvalue weighted by atomic mass is 9.92. The van der Waals surface area contributed by atoms with Gasteiger partial charge in [0, 0.05) is 22.6 Å². The van der Waals surface area contributed by atoms with E-state index < -0.39 is 0 Å². The van der Waals surface area contributed by atoms with E-state index in [1.807, 2.05) is 24.3 Å². The number of benzene rings is 1. The fourth-order valence-electron chi connectivity index (χ4n) is 2.69. The van der Waals surface area contributed by atoms with E-state index in [2.05, 4.69) is 34.7 Å². The maximum absolute atomic E-state index is 12.6. The zero-order valence-corrected chi connectivity index (χ0v) is 12.6. The summed E-state index contributed by atoms with van der Waals surface area (Å²) in [7, 11) is 0. The van der Waals surface area contributed by atoms with E-state index in [0.29, 0.717) is 12.0 Å². The molecule has 0 spiro atoms. The van der Waals surface area contributed by atoms with Gasteiger partial charge < -0.3 is 4.90 Å². The van der Waals surface area contributed by atoms with Crippen molar-refractivity contribution >= 4 is 21.8 Å². The van der Waals surface area contributed by atoms with Crippen LogP contribution in [0.1, 0.15) is 43.5 Å². The first-order chi connectivity index (χ1) is 8.59. The van der Waals surface area contributed by atoms with E-state index >= 15 is 0 Å². The second-order valence-electron chi connectivity index (χ2n) is 5.32. The van der Waals surface area contributed by atoms with Crippen molar-refractivity contribution in [3.8, 4) is 0 Å². The average molecular weight is 310 g/mol. The van der Waals surface area contributed by atoms with Gasteiger partial charge in [0.05, 0.1) is 0 Å². The van der Waals surface area contributed by atoms with Crippen LogP contribution in [-0.2, 0) is 0 Å². The van der Waals surface area contributed by atoms with Crippen LogP contribution in [0.25, 0.3) is 0 Å². The largest absolute Gasteiger partial charge is 0.335 e. The fourth-order valence-corrected chi connectivity index (χ4v) is 3.09. The van der Waals surface area contributed by atoms with Crippen molar-refractivity contribution in [1.82, 2.24) is 4.90 Å². The van der Waals surface area contributed by atoms with Crippen LogP contribution in [0.4, 0.5) is 0 Å². The van der Waals surface area contributed by atoms with Gasteiger partial charge >= 0.3 is 0 Å². The lowest BCUT2D eigenvalue weighted by Crippen LogP contribution is -2.46. The molecule has 1 saturated heterocycles. The second kappa shape index (κ2) is 5.87. The molecule has 98 valence electrons. The standard InChI is InChI=1S/C15H20BrNO/c1-11(2)14-8-3-4-9-17(14)15(18)12-6-5-7-13(16)10-12/h5-7,10-11,14H,3-4,8-9H2,1-2H3. The minimum Gasteiger partial charge on any atom is -0.335 e. The molecule has 0 aromatic heterocycles. The van der Waals surface area contributed by atoms with E-state index in [-0.39, 0.29) is 5.91 Å². The molecule has 18 heavy (non-hydrogen) atoms. The first kappa shape index (κ1) is 13.6. The van der Waals surface area contributed by atoms with Gasteiger partial charge in [0.15, 0.2) is 0 Å². The average Bonchev–Trinajstić information content (AvgIpc) is 2.38. The monoisotopic (exact) mass is 309 g/mol. The highest BCUT2D eigenvalue weighted by Gasteiger charge is 2.29. The predicted octanol–water partition coefficient (Wildman–Crippen LogP) is 4.10. The number of amides is 1. The van der Waals surface area contributed by atoms with Gasteiger partial charge in [0.1, 0.15) is 0 Å². The Morgan fingerprint density at radius 3 is 2.83 bits per heavy atom. The third-order valence-electron chi connectivity index (χ3n) is 3.65. The Kier molecular flexibility index (Phi) is 4.44. The molecule has 1 fully saturated rings. The molecule has 1 atom stereocenters. The molecule has 0 saturated carbocycles. The smallest absolute Gasteiger partial charge is 0.254 e. The topological polar surface area (TPSA) is 20.3 Å². The number of nitrogens with zero attached hydrogens (tertiary/aromatic N) is 1. The van der Waals surface area contributed by atoms with E-state index in [1.165, 1.54) is 6.42 Å². The van der Waals surface area contributed by atoms with Gasteiger partial charge in [-0.05, 0) is 43.4 Å². The van der Waals surface area contributed by atoms with Crippen LogP contribution in [0.15, 0.2) is 28.7 Å². The molecule has 0 N–H and O–H groups in total. The molecular weight excluding hydrogens is 290 g/mol. The van der Waals surface area contributed by atoms with Crippen molar-refractivity contribution in [2.24, 2.45) is 5.92 Å². The molecule has 1 unspecified atom stereocenters. The highest BCUT2D eigenvalue weighted by atomic mass is 79.9. The Hall–Kier alpha value is -0.830. The van der Waals surface area contributed by atoms with Crippen molar-refractivity contribution < 1.29 is 4.79 Å². The molecule has 1 aromatic rings. The molecule has 1 aliphatic heterocycles. The van der Waals surface area contributed by atoms with Crippen LogP contribution in [0.3, 0.4) is 0 Å². The number of hydrogen-bond acceptors (Lipinski definition) is 1. The first-order valence-electron chi connectivity index (χ1n) is 6.66. The summed E-state index contributed by atoms with van der Waals surface area (Å²) in [5.74, 6) is 0.705. The molecule has 0 radical (unpaired) electrons. The highest BCUT2D eigenvalue weighted by Crippen LogP contribution is 2.25. The molecule has 1 heterocycles. The molecular formula is C15H20BrNO. The predicted molar refractivity (Wildman–Crippen MR) is 77.7 cm³/mol. The van der Waals surface area contributed by atoms with Crippen molar-refractivity contribution in [3.05, 3.63) is 34.3 Å². The number of carbonyl (C=O) groups excluding carboxylic acids is 1. The number of halogens is 1. The summed E-state index contributed by atoms with van der Waals surface area (Å²) in [5.41, 5.74) is 0.789. The van der Waals surface area contributed by atoms with Gasteiger partial charge in [-0.1, -0.05) is 35.8 Å². The van der Waals surface area contributed by atoms with Crippen LogP contribution < -0.4 is 0 Å². The van der Waals surface area contributed by atoms with Gasteiger partial charge in [-0.3, -0.25) is 4.79 Å². The summed E-state index contributed by atoms with van der Waals surface area (Å²) >= 11 is 3.43. The minimum atomic E-state index is 0.176. The Morgan fingerprint density at radius 1 is 1.39 bits per heavy atom. The van der Waals surface area contributed by atoms with Gasteiger partial charge in [-0.2, -0.15) is 0 Å². The molecule has 1 aromatic carbocycles. The number of hydrogen-bond donors (Lipinski definition) is 0. The van der Waals surface area contributed by atoms with Crippen LogP contribution in [0.5, 0.6) is 0 Å². The Morgan fingerprint density at radius 2 is 2.17 bits per heavy atom. The lowest BCUT2D eigenvalue weighted by Gasteiger charge is -2.38. The Bertz CT molecular complexity index is 430. The maximum atomic E-state index is 12.6. The Labute approximate surface area is 117 Å². The van der Waals surface area contributed by atoms with Gasteiger partial charge in [0.25, 0.3) is 5.91 Å². The van der Waals surface area contributed by atoms with Crippen molar-refractivity contribution in [1.29, 1.82) is 0 Å². The van der Waals surface area contributed by atoms with Gasteiger partial charge in [-0.25, -0.2) is 0 Å². The van der Waals surface area contributed by atoms with Gasteiger partial charge in [0.2, 0.25) is 0 Å². The zero-order valence-electron chi connectivity index (χ0n) is 11.0. The number of piperidine rings is 1. The summed E-state index contributed by atoms with van der Waals surface area (Å²) in [6, 6.07) is 8.08. The quantitative estimate of drug-likeness (QED) is 0.805. The third kappa shape index (κ3) is 2.94. The number of carbonyl (C=O) groups is 1.